The molecule has 0 radical (unpaired) electrons. The van der Waals surface area contributed by atoms with Crippen molar-refractivity contribution < 1.29 is 28.8 Å². The van der Waals surface area contributed by atoms with Crippen molar-refractivity contribution >= 4 is 35.2 Å². The summed E-state index contributed by atoms with van der Waals surface area (Å²) in [6, 6.07) is 13.8. The zero-order valence-electron chi connectivity index (χ0n) is 18.1. The third kappa shape index (κ3) is 4.88. The summed E-state index contributed by atoms with van der Waals surface area (Å²) in [6.07, 6.45) is 0. The van der Waals surface area contributed by atoms with E-state index in [1.807, 2.05) is 6.07 Å². The van der Waals surface area contributed by atoms with E-state index >= 15 is 0 Å². The molecule has 0 bridgehead atoms. The fraction of sp³-hybridized carbons (Fsp3) is 0.261. The minimum absolute atomic E-state index is 0.0609. The Kier molecular flexibility index (Phi) is 6.82. The topological polar surface area (TPSA) is 128 Å². The number of ether oxygens (including phenoxy) is 2. The highest BCUT2D eigenvalue weighted by Gasteiger charge is 2.54. The molecule has 0 spiro atoms. The van der Waals surface area contributed by atoms with Crippen LogP contribution in [-0.4, -0.2) is 51.4 Å². The van der Waals surface area contributed by atoms with E-state index in [4.69, 9.17) is 9.47 Å². The van der Waals surface area contributed by atoms with Crippen molar-refractivity contribution in [2.24, 2.45) is 0 Å². The monoisotopic (exact) mass is 483 g/mol. The number of rotatable bonds is 8. The molecule has 0 aliphatic carbocycles. The van der Waals surface area contributed by atoms with Crippen LogP contribution in [-0.2, 0) is 25.7 Å². The summed E-state index contributed by atoms with van der Waals surface area (Å²) in [4.78, 5) is 49.5. The van der Waals surface area contributed by atoms with Gasteiger partial charge >= 0.3 is 5.97 Å². The summed E-state index contributed by atoms with van der Waals surface area (Å²) in [5.41, 5.74) is 1.38. The minimum atomic E-state index is -0.762. The molecule has 0 aromatic heterocycles. The number of carbonyl (C=O) groups is 3. The number of nitro benzene ring substituents is 1. The number of nitrogens with zero attached hydrogens (tertiary/aromatic N) is 2. The molecule has 2 heterocycles. The Morgan fingerprint density at radius 1 is 1.18 bits per heavy atom. The maximum atomic E-state index is 12.8. The van der Waals surface area contributed by atoms with Crippen LogP contribution < -0.4 is 10.1 Å². The number of β-lactam (4-membered cyclic amide) rings is 1. The number of non-ortho nitro benzene ring substituents is 1. The molecule has 2 amide bonds. The fourth-order valence-corrected chi connectivity index (χ4v) is 4.87. The number of hydrogen-bond donors (Lipinski definition) is 1. The molecule has 2 aliphatic rings. The van der Waals surface area contributed by atoms with Gasteiger partial charge in [-0.2, -0.15) is 0 Å². The lowest BCUT2D eigenvalue weighted by Gasteiger charge is -2.49. The smallest absolute Gasteiger partial charge is 0.355 e. The first-order valence-electron chi connectivity index (χ1n) is 10.4. The number of hydrogen-bond acceptors (Lipinski definition) is 8. The van der Waals surface area contributed by atoms with Crippen molar-refractivity contribution in [3.05, 3.63) is 81.5 Å². The third-order valence-electron chi connectivity index (χ3n) is 5.30. The van der Waals surface area contributed by atoms with Gasteiger partial charge < -0.3 is 14.8 Å². The lowest BCUT2D eigenvalue weighted by Crippen LogP contribution is -2.70. The second-order valence-corrected chi connectivity index (χ2v) is 8.79. The fourth-order valence-electron chi connectivity index (χ4n) is 3.57. The second-order valence-electron chi connectivity index (χ2n) is 7.69. The summed E-state index contributed by atoms with van der Waals surface area (Å²) < 4.78 is 10.8. The van der Waals surface area contributed by atoms with Gasteiger partial charge in [-0.3, -0.25) is 24.6 Å². The number of carbonyl (C=O) groups excluding carboxylic acids is 3. The van der Waals surface area contributed by atoms with Crippen LogP contribution in [0.4, 0.5) is 5.69 Å². The van der Waals surface area contributed by atoms with E-state index in [2.05, 4.69) is 5.32 Å². The first-order valence-corrected chi connectivity index (χ1v) is 11.4. The molecule has 176 valence electrons. The zero-order valence-corrected chi connectivity index (χ0v) is 18.9. The van der Waals surface area contributed by atoms with Crippen LogP contribution in [0.3, 0.4) is 0 Å². The number of thioether (sulfide) groups is 1. The zero-order chi connectivity index (χ0) is 24.2. The molecule has 2 aliphatic heterocycles. The maximum Gasteiger partial charge on any atom is 0.355 e. The molecular weight excluding hydrogens is 462 g/mol. The molecule has 2 aromatic carbocycles. The summed E-state index contributed by atoms with van der Waals surface area (Å²) in [5.74, 6) is -0.444. The van der Waals surface area contributed by atoms with E-state index in [0.717, 1.165) is 0 Å². The molecule has 34 heavy (non-hydrogen) atoms. The van der Waals surface area contributed by atoms with Gasteiger partial charge in [0.25, 0.3) is 17.5 Å². The number of fused-ring (bicyclic) bond motifs is 1. The molecule has 10 nitrogen and oxygen atoms in total. The SMILES string of the molecule is CC1=C(C(=O)OCc2ccc([N+](=O)[O-])cc2)N2C(=O)C(NC(=O)COc3ccccc3)[C@H]2SC1. The van der Waals surface area contributed by atoms with Gasteiger partial charge in [-0.15, -0.1) is 11.8 Å². The summed E-state index contributed by atoms with van der Waals surface area (Å²) in [7, 11) is 0. The first-order chi connectivity index (χ1) is 16.3. The number of nitrogens with one attached hydrogen (secondary N) is 1. The van der Waals surface area contributed by atoms with Crippen molar-refractivity contribution in [3.63, 3.8) is 0 Å². The average molecular weight is 484 g/mol. The van der Waals surface area contributed by atoms with Crippen LogP contribution in [0.1, 0.15) is 12.5 Å². The van der Waals surface area contributed by atoms with E-state index in [9.17, 15) is 24.5 Å². The van der Waals surface area contributed by atoms with Gasteiger partial charge in [0.1, 0.15) is 29.5 Å². The van der Waals surface area contributed by atoms with Gasteiger partial charge in [-0.05, 0) is 42.3 Å². The third-order valence-corrected chi connectivity index (χ3v) is 6.72. The lowest BCUT2D eigenvalue weighted by atomic mass is 10.0. The Labute approximate surface area is 199 Å². The standard InChI is InChI=1S/C23H21N3O7S/c1-14-13-34-22-19(24-18(27)12-32-17-5-3-2-4-6-17)21(28)25(22)20(14)23(29)33-11-15-7-9-16(10-8-15)26(30)31/h2-10,19,22H,11-13H2,1H3,(H,24,27)/t19?,22-/m1/s1. The normalized spacial score (nSPS) is 19.1. The Hall–Kier alpha value is -3.86. The van der Waals surface area contributed by atoms with Gasteiger partial charge in [0.15, 0.2) is 6.61 Å². The van der Waals surface area contributed by atoms with Crippen LogP contribution in [0.25, 0.3) is 0 Å². The molecule has 1 N–H and O–H groups in total. The Morgan fingerprint density at radius 3 is 2.56 bits per heavy atom. The van der Waals surface area contributed by atoms with Crippen LogP contribution in [0, 0.1) is 10.1 Å². The van der Waals surface area contributed by atoms with Crippen molar-refractivity contribution in [1.82, 2.24) is 10.2 Å². The Balaban J connectivity index is 1.34. The molecule has 11 heteroatoms. The van der Waals surface area contributed by atoms with Crippen LogP contribution in [0.15, 0.2) is 65.9 Å². The molecule has 1 saturated heterocycles. The number of nitro groups is 1. The molecule has 0 saturated carbocycles. The van der Waals surface area contributed by atoms with Crippen molar-refractivity contribution in [2.75, 3.05) is 12.4 Å². The number of esters is 1. The van der Waals surface area contributed by atoms with E-state index in [-0.39, 0.29) is 24.6 Å². The average Bonchev–Trinajstić information content (AvgIpc) is 2.85. The van der Waals surface area contributed by atoms with Crippen LogP contribution in [0.5, 0.6) is 5.75 Å². The summed E-state index contributed by atoms with van der Waals surface area (Å²) >= 11 is 1.45. The van der Waals surface area contributed by atoms with Gasteiger partial charge in [-0.1, -0.05) is 18.2 Å². The second kappa shape index (κ2) is 9.96. The highest BCUT2D eigenvalue weighted by Crippen LogP contribution is 2.40. The number of benzene rings is 2. The largest absolute Gasteiger partial charge is 0.484 e. The molecule has 2 atom stereocenters. The summed E-state index contributed by atoms with van der Waals surface area (Å²) in [5, 5.41) is 13.0. The number of para-hydroxylation sites is 1. The van der Waals surface area contributed by atoms with E-state index in [1.165, 1.54) is 40.9 Å². The highest BCUT2D eigenvalue weighted by atomic mass is 32.2. The lowest BCUT2D eigenvalue weighted by molar-refractivity contribution is -0.384. The molecule has 2 aromatic rings. The highest BCUT2D eigenvalue weighted by molar-refractivity contribution is 8.00. The van der Waals surface area contributed by atoms with Crippen LogP contribution in [0.2, 0.25) is 0 Å². The maximum absolute atomic E-state index is 12.8. The van der Waals surface area contributed by atoms with E-state index < -0.39 is 34.1 Å². The van der Waals surface area contributed by atoms with Gasteiger partial charge in [-0.25, -0.2) is 4.79 Å². The Bertz CT molecular complexity index is 1150. The quantitative estimate of drug-likeness (QED) is 0.262. The predicted molar refractivity (Wildman–Crippen MR) is 123 cm³/mol. The van der Waals surface area contributed by atoms with E-state index in [1.54, 1.807) is 31.2 Å². The van der Waals surface area contributed by atoms with E-state index in [0.29, 0.717) is 22.6 Å². The van der Waals surface area contributed by atoms with Crippen molar-refractivity contribution in [1.29, 1.82) is 0 Å². The van der Waals surface area contributed by atoms with Crippen molar-refractivity contribution in [2.45, 2.75) is 24.9 Å². The molecule has 1 unspecified atom stereocenters. The molecular formula is C23H21N3O7S. The molecule has 4 rings (SSSR count). The van der Waals surface area contributed by atoms with Gasteiger partial charge in [0.05, 0.1) is 4.92 Å². The van der Waals surface area contributed by atoms with Crippen LogP contribution >= 0.6 is 11.8 Å². The van der Waals surface area contributed by atoms with Crippen molar-refractivity contribution in [3.8, 4) is 5.75 Å². The summed E-state index contributed by atoms with van der Waals surface area (Å²) in [6.45, 7) is 1.42. The minimum Gasteiger partial charge on any atom is -0.484 e. The first kappa shape index (κ1) is 23.3. The van der Waals surface area contributed by atoms with Gasteiger partial charge in [0, 0.05) is 17.9 Å². The predicted octanol–water partition coefficient (Wildman–Crippen LogP) is 2.39. The van der Waals surface area contributed by atoms with Gasteiger partial charge in [0.2, 0.25) is 0 Å². The molecule has 1 fully saturated rings. The number of amides is 2. The Morgan fingerprint density at radius 2 is 1.88 bits per heavy atom.